The molecule has 0 N–H and O–H groups in total. The Morgan fingerprint density at radius 3 is 2.85 bits per heavy atom. The third kappa shape index (κ3) is 2.92. The number of ether oxygens (including phenoxy) is 1. The quantitative estimate of drug-likeness (QED) is 0.603. The largest absolute Gasteiger partial charge is 0.483 e. The monoisotopic (exact) mass is 331 g/mol. The van der Waals surface area contributed by atoms with Gasteiger partial charge in [0.2, 0.25) is 0 Å². The Morgan fingerprint density at radius 2 is 2.30 bits per heavy atom. The van der Waals surface area contributed by atoms with E-state index in [1.54, 1.807) is 6.08 Å². The molecular weight excluding hydrogens is 317 g/mol. The number of nitrogens with zero attached hydrogens (tertiary/aromatic N) is 1. The van der Waals surface area contributed by atoms with Crippen molar-refractivity contribution in [1.82, 2.24) is 5.16 Å². The minimum Gasteiger partial charge on any atom is -0.483 e. The van der Waals surface area contributed by atoms with Crippen molar-refractivity contribution in [2.45, 2.75) is 31.6 Å². The average Bonchev–Trinajstić information content (AvgIpc) is 2.79. The standard InChI is InChI=1S/C14H15Cl2NO2S/c1-4-18-13(20)9-6-10(11-5-8(2)17-19-11)14(3,16)12(15)7-9/h5-7,10H,4H2,1-3H3. The molecule has 2 rings (SSSR count). The van der Waals surface area contributed by atoms with Gasteiger partial charge in [-0.1, -0.05) is 22.8 Å². The molecule has 1 heterocycles. The molecule has 0 spiro atoms. The van der Waals surface area contributed by atoms with Crippen molar-refractivity contribution in [3.05, 3.63) is 40.3 Å². The lowest BCUT2D eigenvalue weighted by Gasteiger charge is -2.31. The molecule has 0 amide bonds. The second kappa shape index (κ2) is 5.88. The van der Waals surface area contributed by atoms with Gasteiger partial charge in [-0.2, -0.15) is 0 Å². The number of alkyl halides is 1. The molecule has 0 bridgehead atoms. The summed E-state index contributed by atoms with van der Waals surface area (Å²) in [6, 6.07) is 1.85. The summed E-state index contributed by atoms with van der Waals surface area (Å²) in [5.41, 5.74) is 1.53. The number of hydrogen-bond acceptors (Lipinski definition) is 4. The normalized spacial score (nSPS) is 25.9. The highest BCUT2D eigenvalue weighted by Gasteiger charge is 2.40. The topological polar surface area (TPSA) is 35.3 Å². The maximum Gasteiger partial charge on any atom is 0.190 e. The lowest BCUT2D eigenvalue weighted by Crippen LogP contribution is -2.29. The Labute approximate surface area is 133 Å². The summed E-state index contributed by atoms with van der Waals surface area (Å²) < 4.78 is 10.7. The zero-order valence-corrected chi connectivity index (χ0v) is 13.8. The fraction of sp³-hybridized carbons (Fsp3) is 0.429. The van der Waals surface area contributed by atoms with E-state index >= 15 is 0 Å². The number of thiocarbonyl (C=S) groups is 1. The highest BCUT2D eigenvalue weighted by Crippen LogP contribution is 2.46. The van der Waals surface area contributed by atoms with Gasteiger partial charge < -0.3 is 9.26 Å². The highest BCUT2D eigenvalue weighted by molar-refractivity contribution is 7.80. The lowest BCUT2D eigenvalue weighted by molar-refractivity contribution is 0.336. The van der Waals surface area contributed by atoms with Crippen LogP contribution in [0.25, 0.3) is 0 Å². The van der Waals surface area contributed by atoms with Crippen molar-refractivity contribution >= 4 is 40.5 Å². The molecule has 1 aliphatic rings. The number of halogens is 2. The molecule has 0 saturated heterocycles. The number of aromatic nitrogens is 1. The smallest absolute Gasteiger partial charge is 0.190 e. The number of aryl methyl sites for hydroxylation is 1. The first-order valence-electron chi connectivity index (χ1n) is 6.25. The fourth-order valence-corrected chi connectivity index (χ4v) is 2.74. The van der Waals surface area contributed by atoms with Gasteiger partial charge in [0.25, 0.3) is 0 Å². The van der Waals surface area contributed by atoms with E-state index in [-0.39, 0.29) is 5.92 Å². The summed E-state index contributed by atoms with van der Waals surface area (Å²) in [4.78, 5) is -0.793. The van der Waals surface area contributed by atoms with Crippen molar-refractivity contribution in [2.75, 3.05) is 6.61 Å². The van der Waals surface area contributed by atoms with E-state index in [9.17, 15) is 0 Å². The molecule has 0 fully saturated rings. The van der Waals surface area contributed by atoms with Crippen LogP contribution in [0.1, 0.15) is 31.2 Å². The zero-order chi connectivity index (χ0) is 14.9. The van der Waals surface area contributed by atoms with E-state index in [1.165, 1.54) is 0 Å². The first-order chi connectivity index (χ1) is 9.36. The summed E-state index contributed by atoms with van der Waals surface area (Å²) in [6.07, 6.45) is 3.66. The van der Waals surface area contributed by atoms with E-state index in [1.807, 2.05) is 32.9 Å². The summed E-state index contributed by atoms with van der Waals surface area (Å²) >= 11 is 18.1. The molecule has 108 valence electrons. The molecule has 1 aromatic heterocycles. The van der Waals surface area contributed by atoms with Crippen LogP contribution in [0, 0.1) is 6.92 Å². The molecule has 0 aromatic carbocycles. The minimum absolute atomic E-state index is 0.253. The number of allylic oxidation sites excluding steroid dienone is 2. The molecule has 1 aliphatic carbocycles. The average molecular weight is 332 g/mol. The summed E-state index contributed by atoms with van der Waals surface area (Å²) in [5.74, 6) is 0.402. The van der Waals surface area contributed by atoms with Gasteiger partial charge in [-0.15, -0.1) is 11.6 Å². The van der Waals surface area contributed by atoms with Gasteiger partial charge in [0.1, 0.15) is 5.76 Å². The maximum atomic E-state index is 6.56. The van der Waals surface area contributed by atoms with Gasteiger partial charge in [-0.05, 0) is 39.1 Å². The van der Waals surface area contributed by atoms with E-state index in [4.69, 9.17) is 44.7 Å². The number of hydrogen-bond donors (Lipinski definition) is 0. The summed E-state index contributed by atoms with van der Waals surface area (Å²) in [6.45, 7) is 6.08. The van der Waals surface area contributed by atoms with Crippen molar-refractivity contribution in [1.29, 1.82) is 0 Å². The second-order valence-corrected chi connectivity index (χ2v) is 6.32. The van der Waals surface area contributed by atoms with Gasteiger partial charge in [-0.3, -0.25) is 0 Å². The Kier molecular flexibility index (Phi) is 4.57. The van der Waals surface area contributed by atoms with Crippen molar-refractivity contribution < 1.29 is 9.26 Å². The molecule has 0 saturated carbocycles. The molecule has 6 heteroatoms. The van der Waals surface area contributed by atoms with Crippen LogP contribution in [0.5, 0.6) is 0 Å². The highest BCUT2D eigenvalue weighted by atomic mass is 35.5. The molecule has 0 aliphatic heterocycles. The zero-order valence-electron chi connectivity index (χ0n) is 11.4. The van der Waals surface area contributed by atoms with Crippen LogP contribution < -0.4 is 0 Å². The van der Waals surface area contributed by atoms with Crippen LogP contribution in [0.3, 0.4) is 0 Å². The van der Waals surface area contributed by atoms with Crippen LogP contribution in [-0.2, 0) is 4.74 Å². The van der Waals surface area contributed by atoms with E-state index in [2.05, 4.69) is 5.16 Å². The Balaban J connectivity index is 2.42. The molecular formula is C14H15Cl2NO2S. The molecule has 2 unspecified atom stereocenters. The van der Waals surface area contributed by atoms with E-state index in [0.29, 0.717) is 22.5 Å². The van der Waals surface area contributed by atoms with Crippen LogP contribution in [0.2, 0.25) is 0 Å². The predicted molar refractivity (Wildman–Crippen MR) is 84.5 cm³/mol. The molecule has 1 aromatic rings. The third-order valence-electron chi connectivity index (χ3n) is 3.14. The Bertz CT molecular complexity index is 590. The third-order valence-corrected chi connectivity index (χ3v) is 4.53. The van der Waals surface area contributed by atoms with Crippen molar-refractivity contribution in [3.8, 4) is 0 Å². The first-order valence-corrected chi connectivity index (χ1v) is 7.41. The maximum absolute atomic E-state index is 6.56. The molecule has 2 atom stereocenters. The fourth-order valence-electron chi connectivity index (χ4n) is 2.03. The summed E-state index contributed by atoms with van der Waals surface area (Å²) in [7, 11) is 0. The Morgan fingerprint density at radius 1 is 1.60 bits per heavy atom. The van der Waals surface area contributed by atoms with Crippen LogP contribution in [-0.4, -0.2) is 21.7 Å². The predicted octanol–water partition coefficient (Wildman–Crippen LogP) is 4.49. The van der Waals surface area contributed by atoms with Gasteiger partial charge in [0.15, 0.2) is 5.05 Å². The molecule has 3 nitrogen and oxygen atoms in total. The SMILES string of the molecule is CCOC(=S)C1=CC(c2cc(C)no2)C(C)(Cl)C(Cl)=C1. The van der Waals surface area contributed by atoms with Crippen molar-refractivity contribution in [3.63, 3.8) is 0 Å². The van der Waals surface area contributed by atoms with Gasteiger partial charge >= 0.3 is 0 Å². The van der Waals surface area contributed by atoms with Gasteiger partial charge in [0, 0.05) is 16.7 Å². The lowest BCUT2D eigenvalue weighted by atomic mass is 9.84. The van der Waals surface area contributed by atoms with Crippen LogP contribution in [0.4, 0.5) is 0 Å². The second-order valence-electron chi connectivity index (χ2n) is 4.76. The van der Waals surface area contributed by atoms with Crippen LogP contribution in [0.15, 0.2) is 33.3 Å². The van der Waals surface area contributed by atoms with Crippen molar-refractivity contribution in [2.24, 2.45) is 0 Å². The van der Waals surface area contributed by atoms with E-state index in [0.717, 1.165) is 11.3 Å². The summed E-state index contributed by atoms with van der Waals surface area (Å²) in [5, 5.41) is 4.80. The minimum atomic E-state index is -0.793. The Hall–Kier alpha value is -0.840. The molecule has 20 heavy (non-hydrogen) atoms. The van der Waals surface area contributed by atoms with Gasteiger partial charge in [0.05, 0.1) is 23.1 Å². The van der Waals surface area contributed by atoms with Gasteiger partial charge in [-0.25, -0.2) is 0 Å². The van der Waals surface area contributed by atoms with Crippen LogP contribution >= 0.6 is 35.4 Å². The molecule has 0 radical (unpaired) electrons. The van der Waals surface area contributed by atoms with E-state index < -0.39 is 4.87 Å². The first kappa shape index (κ1) is 15.5. The number of rotatable bonds is 3.